The predicted molar refractivity (Wildman–Crippen MR) is 127 cm³/mol. The summed E-state index contributed by atoms with van der Waals surface area (Å²) in [4.78, 5) is 61.8. The normalized spacial score (nSPS) is 12.6. The zero-order chi connectivity index (χ0) is 25.0. The van der Waals surface area contributed by atoms with E-state index in [2.05, 4.69) is 57.3 Å². The molecule has 2 heterocycles. The lowest BCUT2D eigenvalue weighted by Crippen LogP contribution is -2.47. The van der Waals surface area contributed by atoms with Gasteiger partial charge in [-0.2, -0.15) is 4.98 Å². The fraction of sp³-hybridized carbons (Fsp3) is 0.211. The van der Waals surface area contributed by atoms with Crippen LogP contribution in [0.25, 0.3) is 11.2 Å². The van der Waals surface area contributed by atoms with Crippen molar-refractivity contribution in [1.29, 1.82) is 0 Å². The predicted octanol–water partition coefficient (Wildman–Crippen LogP) is 1.70. The molecule has 1 amide bonds. The number of hydrogen-bond acceptors (Lipinski definition) is 9. The van der Waals surface area contributed by atoms with Gasteiger partial charge in [-0.1, -0.05) is 0 Å². The number of halogens is 2. The molecule has 0 bridgehead atoms. The molecular weight excluding hydrogens is 582 g/mol. The molecule has 0 saturated carbocycles. The van der Waals surface area contributed by atoms with E-state index in [0.717, 1.165) is 3.93 Å². The van der Waals surface area contributed by atoms with Crippen LogP contribution in [-0.4, -0.2) is 56.4 Å². The molecule has 6 N–H and O–H groups in total. The second-order valence-electron chi connectivity index (χ2n) is 6.96. The summed E-state index contributed by atoms with van der Waals surface area (Å²) in [5, 5.41) is 21.4. The monoisotopic (exact) mass is 597 g/mol. The molecule has 13 nitrogen and oxygen atoms in total. The van der Waals surface area contributed by atoms with E-state index >= 15 is 0 Å². The third-order valence-electron chi connectivity index (χ3n) is 4.58. The van der Waals surface area contributed by atoms with Crippen LogP contribution in [0.4, 0.5) is 11.6 Å². The van der Waals surface area contributed by atoms with Crippen LogP contribution in [0.5, 0.6) is 0 Å². The Morgan fingerprint density at radius 1 is 1.18 bits per heavy atom. The average Bonchev–Trinajstić information content (AvgIpc) is 2.80. The lowest BCUT2D eigenvalue weighted by Gasteiger charge is -2.30. The van der Waals surface area contributed by atoms with Crippen LogP contribution in [0.15, 0.2) is 35.3 Å². The molecule has 3 aromatic rings. The number of carboxylic acid groups (broad SMARTS) is 2. The fourth-order valence-electron chi connectivity index (χ4n) is 2.82. The number of rotatable bonds is 9. The van der Waals surface area contributed by atoms with Gasteiger partial charge in [0.2, 0.25) is 10.4 Å². The first-order valence-corrected chi connectivity index (χ1v) is 11.0. The molecule has 0 saturated heterocycles. The van der Waals surface area contributed by atoms with Gasteiger partial charge < -0.3 is 21.3 Å². The molecule has 0 fully saturated rings. The Kier molecular flexibility index (Phi) is 7.46. The third kappa shape index (κ3) is 5.48. The number of aromatic amines is 1. The maximum absolute atomic E-state index is 12.8. The van der Waals surface area contributed by atoms with Gasteiger partial charge in [0.1, 0.15) is 0 Å². The number of anilines is 2. The van der Waals surface area contributed by atoms with Gasteiger partial charge >= 0.3 is 11.9 Å². The van der Waals surface area contributed by atoms with E-state index in [0.29, 0.717) is 11.4 Å². The lowest BCUT2D eigenvalue weighted by atomic mass is 10.1. The highest BCUT2D eigenvalue weighted by Crippen LogP contribution is 2.34. The molecule has 178 valence electrons. The number of amides is 1. The summed E-state index contributed by atoms with van der Waals surface area (Å²) in [5.41, 5.74) is 6.37. The smallest absolute Gasteiger partial charge is 0.341 e. The summed E-state index contributed by atoms with van der Waals surface area (Å²) in [6, 6.07) is 6.11. The summed E-state index contributed by atoms with van der Waals surface area (Å²) in [7, 11) is 0. The van der Waals surface area contributed by atoms with E-state index in [9.17, 15) is 24.3 Å². The number of benzene rings is 1. The van der Waals surface area contributed by atoms with Crippen LogP contribution in [0.2, 0.25) is 0 Å². The van der Waals surface area contributed by atoms with Gasteiger partial charge in [0.25, 0.3) is 11.5 Å². The topological polar surface area (TPSA) is 204 Å². The molecule has 1 aromatic carbocycles. The van der Waals surface area contributed by atoms with E-state index in [4.69, 9.17) is 10.8 Å². The van der Waals surface area contributed by atoms with Crippen LogP contribution < -0.4 is 16.6 Å². The first-order valence-electron chi connectivity index (χ1n) is 9.51. The number of nitrogens with one attached hydrogen (secondary N) is 2. The van der Waals surface area contributed by atoms with E-state index in [1.807, 2.05) is 0 Å². The van der Waals surface area contributed by atoms with Gasteiger partial charge in [0, 0.05) is 24.1 Å². The molecule has 0 aliphatic carbocycles. The van der Waals surface area contributed by atoms with Crippen LogP contribution in [0, 0.1) is 0 Å². The maximum Gasteiger partial charge on any atom is 0.341 e. The quantitative estimate of drug-likeness (QED) is 0.136. The Morgan fingerprint density at radius 2 is 1.85 bits per heavy atom. The number of alkyl halides is 1. The van der Waals surface area contributed by atoms with Crippen LogP contribution in [0.3, 0.4) is 0 Å². The second kappa shape index (κ2) is 10.1. The van der Waals surface area contributed by atoms with Gasteiger partial charge in [-0.15, -0.1) is 0 Å². The first kappa shape index (κ1) is 25.0. The Hall–Kier alpha value is -3.59. The number of nitrogens with zero attached hydrogens (tertiary/aromatic N) is 4. The van der Waals surface area contributed by atoms with Gasteiger partial charge in [-0.3, -0.25) is 19.4 Å². The van der Waals surface area contributed by atoms with E-state index in [1.165, 1.54) is 18.3 Å². The van der Waals surface area contributed by atoms with E-state index < -0.39 is 34.3 Å². The molecule has 1 atom stereocenters. The minimum absolute atomic E-state index is 0.0476. The minimum Gasteiger partial charge on any atom is -0.481 e. The highest BCUT2D eigenvalue weighted by Gasteiger charge is 2.44. The Labute approximate surface area is 207 Å². The molecule has 2 aromatic heterocycles. The lowest BCUT2D eigenvalue weighted by molar-refractivity contribution is -0.143. The van der Waals surface area contributed by atoms with Crippen molar-refractivity contribution in [3.63, 3.8) is 0 Å². The Bertz CT molecular complexity index is 1320. The van der Waals surface area contributed by atoms with Crippen LogP contribution in [-0.2, 0) is 16.1 Å². The van der Waals surface area contributed by atoms with Crippen molar-refractivity contribution in [1.82, 2.24) is 23.9 Å². The number of hydrogen-bond donors (Lipinski definition) is 5. The molecular formula is C19H17Br2N7O6. The summed E-state index contributed by atoms with van der Waals surface area (Å²) < 4.78 is -1.19. The SMILES string of the molecule is Nc1nc2ncc(CNc3ccc(C(=O)N(Br)[C@@](Br)(CCC(=O)O)C(=O)O)cc3)nc2c(=O)[nH]1. The molecule has 0 spiro atoms. The molecule has 15 heteroatoms. The number of fused-ring (bicyclic) bond motifs is 1. The zero-order valence-corrected chi connectivity index (χ0v) is 20.3. The Morgan fingerprint density at radius 3 is 2.47 bits per heavy atom. The third-order valence-corrected chi connectivity index (χ3v) is 7.07. The van der Waals surface area contributed by atoms with Gasteiger partial charge in [-0.25, -0.2) is 18.7 Å². The number of aromatic nitrogens is 4. The fourth-order valence-corrected chi connectivity index (χ4v) is 3.71. The van der Waals surface area contributed by atoms with Crippen molar-refractivity contribution in [2.45, 2.75) is 23.8 Å². The van der Waals surface area contributed by atoms with Crippen molar-refractivity contribution in [2.75, 3.05) is 11.1 Å². The second-order valence-corrected chi connectivity index (χ2v) is 8.98. The number of aliphatic carboxylic acids is 2. The molecule has 0 radical (unpaired) electrons. The van der Waals surface area contributed by atoms with Gasteiger partial charge in [0.15, 0.2) is 11.2 Å². The van der Waals surface area contributed by atoms with Crippen LogP contribution >= 0.6 is 32.1 Å². The zero-order valence-electron chi connectivity index (χ0n) is 17.2. The number of carboxylic acids is 2. The number of nitrogens with two attached hydrogens (primary N) is 1. The number of nitrogen functional groups attached to an aromatic ring is 1. The summed E-state index contributed by atoms with van der Waals surface area (Å²) in [6.45, 7) is 0.212. The van der Waals surface area contributed by atoms with E-state index in [-0.39, 0.29) is 35.6 Å². The molecule has 0 unspecified atom stereocenters. The maximum atomic E-state index is 12.8. The van der Waals surface area contributed by atoms with Crippen molar-refractivity contribution in [3.8, 4) is 0 Å². The van der Waals surface area contributed by atoms with Gasteiger partial charge in [0.05, 0.1) is 34.6 Å². The number of carbonyl (C=O) groups excluding carboxylic acids is 1. The van der Waals surface area contributed by atoms with Crippen molar-refractivity contribution < 1.29 is 24.6 Å². The minimum atomic E-state index is -1.95. The van der Waals surface area contributed by atoms with Crippen molar-refractivity contribution in [3.05, 3.63) is 52.1 Å². The highest BCUT2D eigenvalue weighted by atomic mass is 79.9. The van der Waals surface area contributed by atoms with E-state index in [1.54, 1.807) is 12.1 Å². The Balaban J connectivity index is 1.70. The van der Waals surface area contributed by atoms with Crippen LogP contribution in [0.1, 0.15) is 28.9 Å². The average molecular weight is 599 g/mol. The summed E-state index contributed by atoms with van der Waals surface area (Å²) in [6.07, 6.45) is 0.606. The van der Waals surface area contributed by atoms with Gasteiger partial charge in [-0.05, 0) is 40.2 Å². The van der Waals surface area contributed by atoms with Crippen molar-refractivity contribution >= 4 is 72.7 Å². The number of H-pyrrole nitrogens is 1. The molecule has 0 aliphatic heterocycles. The molecule has 3 rings (SSSR count). The summed E-state index contributed by atoms with van der Waals surface area (Å²) in [5.74, 6) is -3.38. The molecule has 34 heavy (non-hydrogen) atoms. The highest BCUT2D eigenvalue weighted by molar-refractivity contribution is 9.11. The standard InChI is InChI=1S/C19H17Br2N7O6/c20-19(17(33)34,6-5-12(29)30)28(21)16(32)9-1-3-10(4-2-9)23-7-11-8-24-14-13(25-11)15(31)27-18(22)26-14/h1-4,8,23H,5-7H2,(H,29,30)(H,33,34)(H3,22,24,26,27,31)/t19-/m0/s1. The first-order chi connectivity index (χ1) is 16.0. The largest absolute Gasteiger partial charge is 0.481 e. The van der Waals surface area contributed by atoms with Crippen molar-refractivity contribution in [2.24, 2.45) is 0 Å². The summed E-state index contributed by atoms with van der Waals surface area (Å²) >= 11 is 5.92. The number of carbonyl (C=O) groups is 3. The molecule has 0 aliphatic rings.